The Bertz CT molecular complexity index is 1140. The topological polar surface area (TPSA) is 85.4 Å². The number of benzene rings is 2. The number of aromatic nitrogens is 1. The first-order valence-corrected chi connectivity index (χ1v) is 9.56. The molecular weight excluding hydrogens is 352 g/mol. The standard InChI is InChI=1S/C19H16N2O4S/c1-12-4-8-17(15-3-2-10-20-19(12)15)26(23,24)25-14-6-7-16-13(11-14)5-9-18(22)21-16/h2-4,6-8,10-11H,5,9H2,1H3,(H,21,22). The van der Waals surface area contributed by atoms with E-state index in [1.54, 1.807) is 36.5 Å². The first-order chi connectivity index (χ1) is 12.4. The van der Waals surface area contributed by atoms with Crippen LogP contribution in [0, 0.1) is 6.92 Å². The smallest absolute Gasteiger partial charge is 0.339 e. The maximum Gasteiger partial charge on any atom is 0.339 e. The molecule has 0 saturated carbocycles. The van der Waals surface area contributed by atoms with E-state index in [1.807, 2.05) is 6.92 Å². The van der Waals surface area contributed by atoms with Gasteiger partial charge in [0.1, 0.15) is 10.6 Å². The normalized spacial score (nSPS) is 14.0. The Morgan fingerprint density at radius 2 is 1.96 bits per heavy atom. The number of aryl methyl sites for hydroxylation is 2. The molecule has 1 amide bonds. The van der Waals surface area contributed by atoms with E-state index in [-0.39, 0.29) is 16.6 Å². The van der Waals surface area contributed by atoms with Crippen LogP contribution in [0.3, 0.4) is 0 Å². The molecule has 0 bridgehead atoms. The number of carbonyl (C=O) groups is 1. The SMILES string of the molecule is Cc1ccc(S(=O)(=O)Oc2ccc3c(c2)CCC(=O)N3)c2cccnc12. The average molecular weight is 368 g/mol. The fourth-order valence-electron chi connectivity index (χ4n) is 3.09. The van der Waals surface area contributed by atoms with Gasteiger partial charge in [-0.05, 0) is 60.9 Å². The lowest BCUT2D eigenvalue weighted by Gasteiger charge is -2.17. The summed E-state index contributed by atoms with van der Waals surface area (Å²) < 4.78 is 31.0. The van der Waals surface area contributed by atoms with Crippen LogP contribution >= 0.6 is 0 Å². The summed E-state index contributed by atoms with van der Waals surface area (Å²) in [6.45, 7) is 1.88. The van der Waals surface area contributed by atoms with E-state index < -0.39 is 10.1 Å². The minimum Gasteiger partial charge on any atom is -0.379 e. The number of nitrogens with one attached hydrogen (secondary N) is 1. The number of hydrogen-bond acceptors (Lipinski definition) is 5. The molecule has 0 radical (unpaired) electrons. The van der Waals surface area contributed by atoms with Gasteiger partial charge in [0.2, 0.25) is 5.91 Å². The number of hydrogen-bond donors (Lipinski definition) is 1. The van der Waals surface area contributed by atoms with Crippen LogP contribution < -0.4 is 9.50 Å². The molecule has 1 aromatic heterocycles. The van der Waals surface area contributed by atoms with Crippen molar-refractivity contribution in [1.29, 1.82) is 0 Å². The van der Waals surface area contributed by atoms with Gasteiger partial charge < -0.3 is 9.50 Å². The van der Waals surface area contributed by atoms with Gasteiger partial charge in [0.15, 0.2) is 0 Å². The van der Waals surface area contributed by atoms with E-state index in [4.69, 9.17) is 4.18 Å². The van der Waals surface area contributed by atoms with Crippen molar-refractivity contribution in [2.24, 2.45) is 0 Å². The van der Waals surface area contributed by atoms with Crippen LogP contribution in [0.25, 0.3) is 10.9 Å². The van der Waals surface area contributed by atoms with Crippen molar-refractivity contribution in [2.75, 3.05) is 5.32 Å². The van der Waals surface area contributed by atoms with E-state index in [0.29, 0.717) is 29.4 Å². The third-order valence-electron chi connectivity index (χ3n) is 4.38. The Hall–Kier alpha value is -2.93. The molecule has 0 atom stereocenters. The van der Waals surface area contributed by atoms with Crippen molar-refractivity contribution in [3.05, 3.63) is 59.8 Å². The minimum atomic E-state index is -4.02. The number of carbonyl (C=O) groups excluding carboxylic acids is 1. The molecule has 3 aromatic rings. The molecule has 0 fully saturated rings. The van der Waals surface area contributed by atoms with Crippen molar-refractivity contribution in [1.82, 2.24) is 4.98 Å². The molecule has 0 spiro atoms. The molecule has 0 saturated heterocycles. The molecule has 6 nitrogen and oxygen atoms in total. The van der Waals surface area contributed by atoms with Crippen molar-refractivity contribution >= 4 is 32.6 Å². The Morgan fingerprint density at radius 1 is 1.12 bits per heavy atom. The maximum absolute atomic E-state index is 12.8. The van der Waals surface area contributed by atoms with Crippen LogP contribution in [0.1, 0.15) is 17.5 Å². The summed E-state index contributed by atoms with van der Waals surface area (Å²) in [6, 6.07) is 11.5. The van der Waals surface area contributed by atoms with Crippen molar-refractivity contribution < 1.29 is 17.4 Å². The van der Waals surface area contributed by atoms with Crippen molar-refractivity contribution in [3.63, 3.8) is 0 Å². The summed E-state index contributed by atoms with van der Waals surface area (Å²) in [4.78, 5) is 15.8. The molecular formula is C19H16N2O4S. The lowest BCUT2D eigenvalue weighted by atomic mass is 10.0. The molecule has 1 aliphatic rings. The third kappa shape index (κ3) is 2.90. The molecule has 1 aliphatic heterocycles. The summed E-state index contributed by atoms with van der Waals surface area (Å²) in [5, 5.41) is 3.29. The Balaban J connectivity index is 1.73. The molecule has 26 heavy (non-hydrogen) atoms. The summed E-state index contributed by atoms with van der Waals surface area (Å²) >= 11 is 0. The molecule has 0 aliphatic carbocycles. The van der Waals surface area contributed by atoms with Gasteiger partial charge in [0.05, 0.1) is 5.52 Å². The molecule has 4 rings (SSSR count). The van der Waals surface area contributed by atoms with E-state index in [0.717, 1.165) is 11.1 Å². The van der Waals surface area contributed by atoms with Gasteiger partial charge in [-0.15, -0.1) is 0 Å². The zero-order valence-corrected chi connectivity index (χ0v) is 14.8. The highest BCUT2D eigenvalue weighted by atomic mass is 32.2. The average Bonchev–Trinajstić information content (AvgIpc) is 2.62. The minimum absolute atomic E-state index is 0.0441. The monoisotopic (exact) mass is 368 g/mol. The Kier molecular flexibility index (Phi) is 3.88. The number of anilines is 1. The first-order valence-electron chi connectivity index (χ1n) is 8.16. The molecule has 1 N–H and O–H groups in total. The number of fused-ring (bicyclic) bond motifs is 2. The highest BCUT2D eigenvalue weighted by Gasteiger charge is 2.22. The van der Waals surface area contributed by atoms with Gasteiger partial charge in [-0.3, -0.25) is 9.78 Å². The van der Waals surface area contributed by atoms with E-state index in [1.165, 1.54) is 12.1 Å². The first kappa shape index (κ1) is 16.5. The number of amides is 1. The van der Waals surface area contributed by atoms with Crippen LogP contribution in [0.2, 0.25) is 0 Å². The second kappa shape index (κ2) is 6.10. The lowest BCUT2D eigenvalue weighted by molar-refractivity contribution is -0.116. The predicted octanol–water partition coefficient (Wildman–Crippen LogP) is 3.20. The van der Waals surface area contributed by atoms with Gasteiger partial charge in [-0.25, -0.2) is 0 Å². The Morgan fingerprint density at radius 3 is 2.81 bits per heavy atom. The van der Waals surface area contributed by atoms with Crippen LogP contribution in [0.5, 0.6) is 5.75 Å². The second-order valence-corrected chi connectivity index (χ2v) is 7.70. The number of pyridine rings is 1. The fraction of sp³-hybridized carbons (Fsp3) is 0.158. The van der Waals surface area contributed by atoms with Crippen LogP contribution in [0.15, 0.2) is 53.6 Å². The van der Waals surface area contributed by atoms with Crippen molar-refractivity contribution in [3.8, 4) is 5.75 Å². The third-order valence-corrected chi connectivity index (χ3v) is 5.69. The summed E-state index contributed by atoms with van der Waals surface area (Å²) in [5.41, 5.74) is 3.07. The molecule has 2 aromatic carbocycles. The highest BCUT2D eigenvalue weighted by Crippen LogP contribution is 2.30. The molecule has 7 heteroatoms. The largest absolute Gasteiger partial charge is 0.379 e. The van der Waals surface area contributed by atoms with Gasteiger partial charge in [0.25, 0.3) is 0 Å². The summed E-state index contributed by atoms with van der Waals surface area (Å²) in [6.07, 6.45) is 2.55. The quantitative estimate of drug-likeness (QED) is 0.718. The zero-order valence-electron chi connectivity index (χ0n) is 14.0. The van der Waals surface area contributed by atoms with Crippen LogP contribution in [0.4, 0.5) is 5.69 Å². The molecule has 0 unspecified atom stereocenters. The Labute approximate surface area is 151 Å². The van der Waals surface area contributed by atoms with E-state index >= 15 is 0 Å². The zero-order chi connectivity index (χ0) is 18.3. The van der Waals surface area contributed by atoms with Gasteiger partial charge in [-0.1, -0.05) is 6.07 Å². The predicted molar refractivity (Wildman–Crippen MR) is 97.7 cm³/mol. The summed E-state index contributed by atoms with van der Waals surface area (Å²) in [7, 11) is -4.02. The van der Waals surface area contributed by atoms with Crippen molar-refractivity contribution in [2.45, 2.75) is 24.7 Å². The summed E-state index contributed by atoms with van der Waals surface area (Å²) in [5.74, 6) is 0.176. The maximum atomic E-state index is 12.8. The van der Waals surface area contributed by atoms with E-state index in [9.17, 15) is 13.2 Å². The number of rotatable bonds is 3. The van der Waals surface area contributed by atoms with Gasteiger partial charge >= 0.3 is 10.1 Å². The molecule has 2 heterocycles. The van der Waals surface area contributed by atoms with Crippen LogP contribution in [-0.2, 0) is 21.3 Å². The van der Waals surface area contributed by atoms with Gasteiger partial charge in [0, 0.05) is 23.7 Å². The lowest BCUT2D eigenvalue weighted by Crippen LogP contribution is -2.19. The highest BCUT2D eigenvalue weighted by molar-refractivity contribution is 7.87. The van der Waals surface area contributed by atoms with E-state index in [2.05, 4.69) is 10.3 Å². The fourth-order valence-corrected chi connectivity index (χ4v) is 4.20. The molecule has 132 valence electrons. The van der Waals surface area contributed by atoms with Crippen LogP contribution in [-0.4, -0.2) is 19.3 Å². The van der Waals surface area contributed by atoms with Gasteiger partial charge in [-0.2, -0.15) is 8.42 Å². The number of nitrogens with zero attached hydrogens (tertiary/aromatic N) is 1. The second-order valence-electron chi connectivity index (χ2n) is 6.18.